The maximum Gasteiger partial charge on any atom is 0.339 e. The van der Waals surface area contributed by atoms with E-state index in [9.17, 15) is 4.79 Å². The number of aryl methyl sites for hydroxylation is 1. The summed E-state index contributed by atoms with van der Waals surface area (Å²) < 4.78 is 6.38. The van der Waals surface area contributed by atoms with Crippen LogP contribution in [0.3, 0.4) is 0 Å². The van der Waals surface area contributed by atoms with E-state index in [1.807, 2.05) is 6.92 Å². The minimum absolute atomic E-state index is 0.180. The summed E-state index contributed by atoms with van der Waals surface area (Å²) in [7, 11) is 0. The van der Waals surface area contributed by atoms with Gasteiger partial charge in [-0.3, -0.25) is 0 Å². The van der Waals surface area contributed by atoms with Crippen LogP contribution < -0.4 is 4.74 Å². The molecule has 5 nitrogen and oxygen atoms in total. The Morgan fingerprint density at radius 1 is 1.42 bits per heavy atom. The molecule has 19 heavy (non-hydrogen) atoms. The molecular formula is C12H12N2O3S2. The highest BCUT2D eigenvalue weighted by Crippen LogP contribution is 2.22. The van der Waals surface area contributed by atoms with Gasteiger partial charge in [-0.25, -0.2) is 4.79 Å². The Morgan fingerprint density at radius 3 is 2.89 bits per heavy atom. The van der Waals surface area contributed by atoms with Crippen molar-refractivity contribution in [1.29, 1.82) is 0 Å². The molecule has 2 rings (SSSR count). The molecular weight excluding hydrogens is 284 g/mol. The number of rotatable bonds is 6. The molecule has 100 valence electrons. The number of carboxylic acid groups (broad SMARTS) is 1. The molecule has 0 bridgehead atoms. The highest BCUT2D eigenvalue weighted by molar-refractivity contribution is 8.01. The van der Waals surface area contributed by atoms with Gasteiger partial charge in [-0.2, -0.15) is 0 Å². The molecule has 0 unspecified atom stereocenters. The molecule has 1 N–H and O–H groups in total. The fraction of sp³-hybridized carbons (Fsp3) is 0.250. The summed E-state index contributed by atoms with van der Waals surface area (Å²) in [5.41, 5.74) is 0.180. The topological polar surface area (TPSA) is 72.3 Å². The largest absolute Gasteiger partial charge is 0.492 e. The van der Waals surface area contributed by atoms with Gasteiger partial charge in [0.2, 0.25) is 0 Å². The van der Waals surface area contributed by atoms with Crippen molar-refractivity contribution in [3.8, 4) is 5.75 Å². The van der Waals surface area contributed by atoms with Crippen LogP contribution in [0.4, 0.5) is 0 Å². The van der Waals surface area contributed by atoms with Crippen LogP contribution in [0.25, 0.3) is 0 Å². The van der Waals surface area contributed by atoms with Crippen LogP contribution in [0.1, 0.15) is 15.4 Å². The van der Waals surface area contributed by atoms with Gasteiger partial charge in [-0.05, 0) is 19.1 Å². The standard InChI is InChI=1S/C12H12N2O3S2/c1-8-13-14-12(19-8)18-7-6-17-10-5-3-2-4-9(10)11(15)16/h2-5H,6-7H2,1H3,(H,15,16). The summed E-state index contributed by atoms with van der Waals surface area (Å²) in [6.45, 7) is 2.33. The molecule has 7 heteroatoms. The molecule has 0 spiro atoms. The van der Waals surface area contributed by atoms with E-state index in [4.69, 9.17) is 9.84 Å². The average molecular weight is 296 g/mol. The Kier molecular flexibility index (Phi) is 4.75. The van der Waals surface area contributed by atoms with Gasteiger partial charge in [-0.15, -0.1) is 10.2 Å². The van der Waals surface area contributed by atoms with Crippen molar-refractivity contribution in [2.75, 3.05) is 12.4 Å². The molecule has 0 saturated heterocycles. The Labute approximate surface area is 118 Å². The maximum atomic E-state index is 11.0. The number of aromatic carboxylic acids is 1. The Morgan fingerprint density at radius 2 is 2.21 bits per heavy atom. The van der Waals surface area contributed by atoms with Crippen molar-refractivity contribution in [3.63, 3.8) is 0 Å². The van der Waals surface area contributed by atoms with E-state index in [0.717, 1.165) is 9.35 Å². The molecule has 0 fully saturated rings. The van der Waals surface area contributed by atoms with Crippen LogP contribution in [0.5, 0.6) is 5.75 Å². The van der Waals surface area contributed by atoms with E-state index in [0.29, 0.717) is 18.1 Å². The number of hydrogen-bond acceptors (Lipinski definition) is 6. The van der Waals surface area contributed by atoms with Crippen molar-refractivity contribution < 1.29 is 14.6 Å². The maximum absolute atomic E-state index is 11.0. The van der Waals surface area contributed by atoms with Crippen molar-refractivity contribution in [2.24, 2.45) is 0 Å². The summed E-state index contributed by atoms with van der Waals surface area (Å²) in [5.74, 6) is 0.106. The van der Waals surface area contributed by atoms with E-state index >= 15 is 0 Å². The lowest BCUT2D eigenvalue weighted by Gasteiger charge is -2.07. The molecule has 0 radical (unpaired) electrons. The number of aromatic nitrogens is 2. The van der Waals surface area contributed by atoms with Crippen LogP contribution in [-0.4, -0.2) is 33.6 Å². The second-order valence-electron chi connectivity index (χ2n) is 3.59. The predicted octanol–water partition coefficient (Wildman–Crippen LogP) is 2.72. The van der Waals surface area contributed by atoms with Crippen molar-refractivity contribution in [2.45, 2.75) is 11.3 Å². The summed E-state index contributed by atoms with van der Waals surface area (Å²) >= 11 is 3.08. The van der Waals surface area contributed by atoms with Crippen molar-refractivity contribution in [1.82, 2.24) is 10.2 Å². The number of nitrogens with zero attached hydrogens (tertiary/aromatic N) is 2. The first-order valence-electron chi connectivity index (χ1n) is 5.55. The predicted molar refractivity (Wildman–Crippen MR) is 74.3 cm³/mol. The molecule has 1 aromatic carbocycles. The van der Waals surface area contributed by atoms with Gasteiger partial charge < -0.3 is 9.84 Å². The molecule has 1 aromatic heterocycles. The third-order valence-electron chi connectivity index (χ3n) is 2.19. The lowest BCUT2D eigenvalue weighted by molar-refractivity contribution is 0.0692. The van der Waals surface area contributed by atoms with E-state index < -0.39 is 5.97 Å². The summed E-state index contributed by atoms with van der Waals surface area (Å²) in [6, 6.07) is 6.61. The zero-order valence-corrected chi connectivity index (χ0v) is 11.8. The van der Waals surface area contributed by atoms with Gasteiger partial charge in [0.15, 0.2) is 4.34 Å². The van der Waals surface area contributed by atoms with Crippen molar-refractivity contribution >= 4 is 29.1 Å². The third-order valence-corrected chi connectivity index (χ3v) is 4.13. The fourth-order valence-corrected chi connectivity index (χ4v) is 3.09. The van der Waals surface area contributed by atoms with Gasteiger partial charge in [0.25, 0.3) is 0 Å². The first-order valence-corrected chi connectivity index (χ1v) is 7.35. The average Bonchev–Trinajstić information content (AvgIpc) is 2.81. The van der Waals surface area contributed by atoms with Gasteiger partial charge in [-0.1, -0.05) is 35.2 Å². The molecule has 0 aliphatic rings. The van der Waals surface area contributed by atoms with Crippen LogP contribution in [0.2, 0.25) is 0 Å². The fourth-order valence-electron chi connectivity index (χ4n) is 1.39. The molecule has 0 amide bonds. The summed E-state index contributed by atoms with van der Waals surface area (Å²) in [6.07, 6.45) is 0. The van der Waals surface area contributed by atoms with E-state index in [1.165, 1.54) is 17.4 Å². The molecule has 2 aromatic rings. The van der Waals surface area contributed by atoms with Gasteiger partial charge >= 0.3 is 5.97 Å². The molecule has 1 heterocycles. The summed E-state index contributed by atoms with van der Waals surface area (Å²) in [4.78, 5) is 11.0. The van der Waals surface area contributed by atoms with Gasteiger partial charge in [0.05, 0.1) is 6.61 Å². The van der Waals surface area contributed by atoms with Gasteiger partial charge in [0, 0.05) is 5.75 Å². The first-order chi connectivity index (χ1) is 9.16. The van der Waals surface area contributed by atoms with Crippen LogP contribution in [0, 0.1) is 6.92 Å². The van der Waals surface area contributed by atoms with Crippen LogP contribution >= 0.6 is 23.1 Å². The number of ether oxygens (including phenoxy) is 1. The summed E-state index contributed by atoms with van der Waals surface area (Å²) in [5, 5.41) is 17.8. The number of carbonyl (C=O) groups is 1. The second kappa shape index (κ2) is 6.53. The lowest BCUT2D eigenvalue weighted by Crippen LogP contribution is -2.05. The van der Waals surface area contributed by atoms with Crippen LogP contribution in [-0.2, 0) is 0 Å². The number of hydrogen-bond donors (Lipinski definition) is 1. The minimum atomic E-state index is -0.983. The molecule has 0 aliphatic heterocycles. The van der Waals surface area contributed by atoms with E-state index in [2.05, 4.69) is 10.2 Å². The van der Waals surface area contributed by atoms with E-state index in [-0.39, 0.29) is 5.56 Å². The normalized spacial score (nSPS) is 10.4. The zero-order chi connectivity index (χ0) is 13.7. The monoisotopic (exact) mass is 296 g/mol. The minimum Gasteiger partial charge on any atom is -0.492 e. The number of benzene rings is 1. The van der Waals surface area contributed by atoms with Crippen molar-refractivity contribution in [3.05, 3.63) is 34.8 Å². The Hall–Kier alpha value is -1.60. The molecule has 0 aliphatic carbocycles. The quantitative estimate of drug-likeness (QED) is 0.652. The number of thioether (sulfide) groups is 1. The number of carboxylic acids is 1. The zero-order valence-electron chi connectivity index (χ0n) is 10.2. The Balaban J connectivity index is 1.84. The van der Waals surface area contributed by atoms with Crippen LogP contribution in [0.15, 0.2) is 28.6 Å². The van der Waals surface area contributed by atoms with E-state index in [1.54, 1.807) is 30.0 Å². The first kappa shape index (κ1) is 13.8. The second-order valence-corrected chi connectivity index (χ2v) is 6.11. The highest BCUT2D eigenvalue weighted by atomic mass is 32.2. The smallest absolute Gasteiger partial charge is 0.339 e. The highest BCUT2D eigenvalue weighted by Gasteiger charge is 2.10. The number of para-hydroxylation sites is 1. The SMILES string of the molecule is Cc1nnc(SCCOc2ccccc2C(=O)O)s1. The third kappa shape index (κ3) is 3.93. The molecule has 0 saturated carbocycles. The molecule has 0 atom stereocenters. The lowest BCUT2D eigenvalue weighted by atomic mass is 10.2. The Bertz CT molecular complexity index is 572. The van der Waals surface area contributed by atoms with Gasteiger partial charge in [0.1, 0.15) is 16.3 Å².